The highest BCUT2D eigenvalue weighted by Gasteiger charge is 2.36. The van der Waals surface area contributed by atoms with Crippen molar-refractivity contribution < 1.29 is 31.8 Å². The minimum atomic E-state index is -4.78. The van der Waals surface area contributed by atoms with Crippen LogP contribution in [0.1, 0.15) is 16.1 Å². The fourth-order valence-corrected chi connectivity index (χ4v) is 3.63. The van der Waals surface area contributed by atoms with Gasteiger partial charge in [-0.3, -0.25) is 4.79 Å². The first-order chi connectivity index (χ1) is 16.2. The Balaban J connectivity index is 1.60. The van der Waals surface area contributed by atoms with Gasteiger partial charge in [-0.05, 0) is 42.5 Å². The third kappa shape index (κ3) is 3.98. The molecule has 2 aromatic carbocycles. The van der Waals surface area contributed by atoms with Crippen LogP contribution in [0.2, 0.25) is 5.02 Å². The van der Waals surface area contributed by atoms with Gasteiger partial charge in [0.15, 0.2) is 22.8 Å². The number of halogens is 5. The van der Waals surface area contributed by atoms with Crippen molar-refractivity contribution in [3.05, 3.63) is 70.8 Å². The zero-order chi connectivity index (χ0) is 24.0. The normalized spacial score (nSPS) is 13.2. The highest BCUT2D eigenvalue weighted by atomic mass is 35.5. The number of fused-ring (bicyclic) bond motifs is 2. The summed E-state index contributed by atoms with van der Waals surface area (Å²) in [4.78, 5) is 17.1. The van der Waals surface area contributed by atoms with E-state index in [-0.39, 0.29) is 27.6 Å². The molecule has 1 aliphatic heterocycles. The van der Waals surface area contributed by atoms with Gasteiger partial charge >= 0.3 is 6.18 Å². The molecular weight excluding hydrogens is 480 g/mol. The lowest BCUT2D eigenvalue weighted by Crippen LogP contribution is -2.16. The van der Waals surface area contributed by atoms with Crippen LogP contribution in [0.25, 0.3) is 16.9 Å². The van der Waals surface area contributed by atoms with Crippen molar-refractivity contribution in [3.63, 3.8) is 0 Å². The molecule has 1 aliphatic rings. The number of nitrogens with one attached hydrogen (secondary N) is 1. The topological polar surface area (TPSA) is 77.8 Å². The van der Waals surface area contributed by atoms with Gasteiger partial charge < -0.3 is 14.8 Å². The number of rotatable bonds is 3. The molecular formula is C22H13ClF4N4O3. The first-order valence-corrected chi connectivity index (χ1v) is 10.2. The maximum absolute atomic E-state index is 13.8. The Morgan fingerprint density at radius 1 is 1.06 bits per heavy atom. The molecule has 12 heteroatoms. The average molecular weight is 493 g/mol. The molecule has 0 bridgehead atoms. The van der Waals surface area contributed by atoms with Gasteiger partial charge in [-0.2, -0.15) is 18.3 Å². The standard InChI is InChI=1S/C22H13ClF4N4O3/c23-14-8-12(2-3-15(14)24)29-21(32)13-10-28-31-19(22(25,26)27)9-16(30-20(13)31)11-1-4-17-18(7-11)34-6-5-33-17/h1-4,7-10H,5-6H2,(H,29,32). The molecule has 2 aromatic heterocycles. The van der Waals surface area contributed by atoms with Gasteiger partial charge in [0.1, 0.15) is 24.6 Å². The second kappa shape index (κ2) is 8.17. The van der Waals surface area contributed by atoms with Gasteiger partial charge in [0.25, 0.3) is 5.91 Å². The Hall–Kier alpha value is -3.86. The van der Waals surface area contributed by atoms with Gasteiger partial charge in [-0.1, -0.05) is 11.6 Å². The van der Waals surface area contributed by atoms with Gasteiger partial charge in [0.2, 0.25) is 0 Å². The van der Waals surface area contributed by atoms with Crippen molar-refractivity contribution in [1.29, 1.82) is 0 Å². The highest BCUT2D eigenvalue weighted by Crippen LogP contribution is 2.37. The molecule has 0 fully saturated rings. The Morgan fingerprint density at radius 3 is 2.56 bits per heavy atom. The first kappa shape index (κ1) is 22.0. The first-order valence-electron chi connectivity index (χ1n) is 9.83. The van der Waals surface area contributed by atoms with Gasteiger partial charge in [0, 0.05) is 11.3 Å². The average Bonchev–Trinajstić information content (AvgIpc) is 3.24. The van der Waals surface area contributed by atoms with E-state index in [0.29, 0.717) is 34.8 Å². The van der Waals surface area contributed by atoms with Crippen LogP contribution in [-0.4, -0.2) is 33.7 Å². The second-order valence-electron chi connectivity index (χ2n) is 7.26. The lowest BCUT2D eigenvalue weighted by molar-refractivity contribution is -0.142. The number of hydrogen-bond acceptors (Lipinski definition) is 5. The van der Waals surface area contributed by atoms with E-state index in [1.807, 2.05) is 0 Å². The van der Waals surface area contributed by atoms with Gasteiger partial charge in [-0.25, -0.2) is 13.9 Å². The van der Waals surface area contributed by atoms with Crippen LogP contribution < -0.4 is 14.8 Å². The summed E-state index contributed by atoms with van der Waals surface area (Å²) < 4.78 is 66.4. The summed E-state index contributed by atoms with van der Waals surface area (Å²) in [6.07, 6.45) is -3.81. The summed E-state index contributed by atoms with van der Waals surface area (Å²) in [6.45, 7) is 0.666. The van der Waals surface area contributed by atoms with E-state index in [1.165, 1.54) is 18.2 Å². The smallest absolute Gasteiger partial charge is 0.433 e. The molecule has 0 saturated heterocycles. The van der Waals surface area contributed by atoms with E-state index >= 15 is 0 Å². The van der Waals surface area contributed by atoms with Crippen molar-refractivity contribution in [2.24, 2.45) is 0 Å². The molecule has 34 heavy (non-hydrogen) atoms. The van der Waals surface area contributed by atoms with Crippen molar-refractivity contribution >= 4 is 28.8 Å². The molecule has 3 heterocycles. The van der Waals surface area contributed by atoms with Crippen molar-refractivity contribution in [2.75, 3.05) is 18.5 Å². The monoisotopic (exact) mass is 492 g/mol. The Labute approximate surface area is 193 Å². The molecule has 5 rings (SSSR count). The third-order valence-electron chi connectivity index (χ3n) is 5.02. The number of benzene rings is 2. The van der Waals surface area contributed by atoms with E-state index in [4.69, 9.17) is 21.1 Å². The van der Waals surface area contributed by atoms with Crippen LogP contribution in [0.15, 0.2) is 48.7 Å². The highest BCUT2D eigenvalue weighted by molar-refractivity contribution is 6.31. The molecule has 4 aromatic rings. The van der Waals surface area contributed by atoms with E-state index in [2.05, 4.69) is 15.4 Å². The molecule has 174 valence electrons. The van der Waals surface area contributed by atoms with Crippen molar-refractivity contribution in [1.82, 2.24) is 14.6 Å². The zero-order valence-corrected chi connectivity index (χ0v) is 17.7. The molecule has 0 unspecified atom stereocenters. The summed E-state index contributed by atoms with van der Waals surface area (Å²) in [5.41, 5.74) is -1.22. The third-order valence-corrected chi connectivity index (χ3v) is 5.31. The number of hydrogen-bond donors (Lipinski definition) is 1. The Kier molecular flexibility index (Phi) is 5.28. The fourth-order valence-electron chi connectivity index (χ4n) is 3.45. The number of carbonyl (C=O) groups is 1. The molecule has 0 radical (unpaired) electrons. The lowest BCUT2D eigenvalue weighted by atomic mass is 10.1. The Morgan fingerprint density at radius 2 is 1.82 bits per heavy atom. The SMILES string of the molecule is O=C(Nc1ccc(F)c(Cl)c1)c1cnn2c(C(F)(F)F)cc(-c3ccc4c(c3)OCCO4)nc12. The summed E-state index contributed by atoms with van der Waals surface area (Å²) in [5, 5.41) is 5.96. The van der Waals surface area contributed by atoms with Crippen LogP contribution in [0, 0.1) is 5.82 Å². The molecule has 1 amide bonds. The number of nitrogens with zero attached hydrogens (tertiary/aromatic N) is 3. The molecule has 0 saturated carbocycles. The quantitative estimate of drug-likeness (QED) is 0.396. The summed E-state index contributed by atoms with van der Waals surface area (Å²) in [6, 6.07) is 8.97. The summed E-state index contributed by atoms with van der Waals surface area (Å²) >= 11 is 5.73. The number of carbonyl (C=O) groups excluding carboxylic acids is 1. The summed E-state index contributed by atoms with van der Waals surface area (Å²) in [5.74, 6) is -0.637. The van der Waals surface area contributed by atoms with Crippen LogP contribution in [0.3, 0.4) is 0 Å². The second-order valence-corrected chi connectivity index (χ2v) is 7.67. The fraction of sp³-hybridized carbons (Fsp3) is 0.136. The maximum atomic E-state index is 13.8. The largest absolute Gasteiger partial charge is 0.486 e. The number of anilines is 1. The van der Waals surface area contributed by atoms with E-state index in [1.54, 1.807) is 12.1 Å². The van der Waals surface area contributed by atoms with Crippen LogP contribution in [0.4, 0.5) is 23.2 Å². The maximum Gasteiger partial charge on any atom is 0.433 e. The van der Waals surface area contributed by atoms with Gasteiger partial charge in [0.05, 0.1) is 16.9 Å². The zero-order valence-electron chi connectivity index (χ0n) is 17.0. The molecule has 0 spiro atoms. The molecule has 1 N–H and O–H groups in total. The molecule has 0 aliphatic carbocycles. The predicted octanol–water partition coefficient (Wildman–Crippen LogP) is 5.23. The van der Waals surface area contributed by atoms with Crippen LogP contribution >= 0.6 is 11.6 Å². The van der Waals surface area contributed by atoms with E-state index < -0.39 is 23.6 Å². The molecule has 7 nitrogen and oxygen atoms in total. The van der Waals surface area contributed by atoms with E-state index in [0.717, 1.165) is 18.3 Å². The lowest BCUT2D eigenvalue weighted by Gasteiger charge is -2.19. The number of alkyl halides is 3. The van der Waals surface area contributed by atoms with E-state index in [9.17, 15) is 22.4 Å². The minimum Gasteiger partial charge on any atom is -0.486 e. The number of amides is 1. The molecule has 0 atom stereocenters. The number of ether oxygens (including phenoxy) is 2. The van der Waals surface area contributed by atoms with Crippen LogP contribution in [-0.2, 0) is 6.18 Å². The number of aromatic nitrogens is 3. The van der Waals surface area contributed by atoms with Crippen molar-refractivity contribution in [3.8, 4) is 22.8 Å². The van der Waals surface area contributed by atoms with Crippen LogP contribution in [0.5, 0.6) is 11.5 Å². The van der Waals surface area contributed by atoms with Gasteiger partial charge in [-0.15, -0.1) is 0 Å². The van der Waals surface area contributed by atoms with Crippen molar-refractivity contribution in [2.45, 2.75) is 6.18 Å². The Bertz CT molecular complexity index is 1440. The summed E-state index contributed by atoms with van der Waals surface area (Å²) in [7, 11) is 0. The minimum absolute atomic E-state index is 0.0452. The predicted molar refractivity (Wildman–Crippen MR) is 114 cm³/mol.